The van der Waals surface area contributed by atoms with Gasteiger partial charge in [0.2, 0.25) is 0 Å². The van der Waals surface area contributed by atoms with Crippen molar-refractivity contribution in [3.8, 4) is 0 Å². The molecule has 0 bridgehead atoms. The lowest BCUT2D eigenvalue weighted by Gasteiger charge is -2.22. The maximum atomic E-state index is 3.71. The monoisotopic (exact) mass is 309 g/mol. The first-order chi connectivity index (χ1) is 8.44. The second kappa shape index (κ2) is 5.64. The Hall–Kier alpha value is -0.500. The molecular weight excluding hydrogens is 286 g/mol. The van der Waals surface area contributed by atoms with Gasteiger partial charge in [-0.2, -0.15) is 0 Å². The molecule has 0 spiro atoms. The quantitative estimate of drug-likeness (QED) is 0.708. The molecular formula is C16H24BrN. The third-order valence-electron chi connectivity index (χ3n) is 3.99. The summed E-state index contributed by atoms with van der Waals surface area (Å²) in [6.45, 7) is 6.95. The normalized spacial score (nSPS) is 23.4. The van der Waals surface area contributed by atoms with Crippen LogP contribution in [0.5, 0.6) is 0 Å². The van der Waals surface area contributed by atoms with Crippen molar-refractivity contribution in [2.24, 2.45) is 5.41 Å². The predicted octanol–water partition coefficient (Wildman–Crippen LogP) is 5.53. The summed E-state index contributed by atoms with van der Waals surface area (Å²) in [4.78, 5) is 0. The van der Waals surface area contributed by atoms with Gasteiger partial charge >= 0.3 is 0 Å². The molecule has 1 fully saturated rings. The fourth-order valence-corrected chi connectivity index (χ4v) is 3.47. The van der Waals surface area contributed by atoms with E-state index in [1.165, 1.54) is 47.8 Å². The number of benzene rings is 1. The maximum absolute atomic E-state index is 3.71. The van der Waals surface area contributed by atoms with E-state index < -0.39 is 0 Å². The van der Waals surface area contributed by atoms with Crippen molar-refractivity contribution in [3.05, 3.63) is 28.2 Å². The van der Waals surface area contributed by atoms with Crippen LogP contribution in [-0.2, 0) is 0 Å². The molecule has 0 saturated heterocycles. The van der Waals surface area contributed by atoms with Crippen molar-refractivity contribution >= 4 is 21.6 Å². The van der Waals surface area contributed by atoms with Crippen LogP contribution >= 0.6 is 15.9 Å². The number of halogens is 1. The molecule has 1 N–H and O–H groups in total. The fraction of sp³-hybridized carbons (Fsp3) is 0.625. The van der Waals surface area contributed by atoms with Gasteiger partial charge in [-0.05, 0) is 61.8 Å². The molecule has 0 amide bonds. The van der Waals surface area contributed by atoms with Gasteiger partial charge in [-0.25, -0.2) is 0 Å². The molecule has 1 aromatic carbocycles. The smallest absolute Gasteiger partial charge is 0.0356 e. The Balaban J connectivity index is 2.00. The van der Waals surface area contributed by atoms with Crippen LogP contribution < -0.4 is 5.32 Å². The second-order valence-electron chi connectivity index (χ2n) is 6.45. The van der Waals surface area contributed by atoms with Gasteiger partial charge in [-0.15, -0.1) is 0 Å². The molecule has 0 heterocycles. The topological polar surface area (TPSA) is 12.0 Å². The van der Waals surface area contributed by atoms with Crippen LogP contribution in [0.3, 0.4) is 0 Å². The molecule has 0 aromatic heterocycles. The Morgan fingerprint density at radius 3 is 2.67 bits per heavy atom. The average Bonchev–Trinajstić information content (AvgIpc) is 2.39. The van der Waals surface area contributed by atoms with Gasteiger partial charge < -0.3 is 5.32 Å². The summed E-state index contributed by atoms with van der Waals surface area (Å²) >= 11 is 3.57. The summed E-state index contributed by atoms with van der Waals surface area (Å²) in [5.41, 5.74) is 3.09. The van der Waals surface area contributed by atoms with E-state index in [-0.39, 0.29) is 0 Å². The lowest BCUT2D eigenvalue weighted by atomic mass is 9.85. The summed E-state index contributed by atoms with van der Waals surface area (Å²) in [5, 5.41) is 3.71. The van der Waals surface area contributed by atoms with E-state index in [4.69, 9.17) is 0 Å². The molecule has 1 aliphatic rings. The summed E-state index contributed by atoms with van der Waals surface area (Å²) in [7, 11) is 0. The number of hydrogen-bond donors (Lipinski definition) is 1. The third-order valence-corrected chi connectivity index (χ3v) is 4.45. The first-order valence-corrected chi connectivity index (χ1v) is 7.78. The molecule has 1 aliphatic carbocycles. The zero-order chi connectivity index (χ0) is 13.2. The van der Waals surface area contributed by atoms with Crippen LogP contribution in [0.1, 0.15) is 51.5 Å². The molecule has 2 rings (SSSR count). The first-order valence-electron chi connectivity index (χ1n) is 6.98. The minimum absolute atomic E-state index is 0.531. The van der Waals surface area contributed by atoms with Gasteiger partial charge in [0.25, 0.3) is 0 Å². The zero-order valence-electron chi connectivity index (χ0n) is 11.7. The highest BCUT2D eigenvalue weighted by atomic mass is 79.9. The Labute approximate surface area is 119 Å². The van der Waals surface area contributed by atoms with Crippen molar-refractivity contribution in [2.75, 3.05) is 5.32 Å². The third kappa shape index (κ3) is 4.01. The highest BCUT2D eigenvalue weighted by Crippen LogP contribution is 2.34. The van der Waals surface area contributed by atoms with Crippen molar-refractivity contribution in [2.45, 2.75) is 58.9 Å². The lowest BCUT2D eigenvalue weighted by molar-refractivity contribution is 0.313. The largest absolute Gasteiger partial charge is 0.382 e. The van der Waals surface area contributed by atoms with Crippen molar-refractivity contribution in [3.63, 3.8) is 0 Å². The highest BCUT2D eigenvalue weighted by Gasteiger charge is 2.24. The molecule has 0 radical (unpaired) electrons. The summed E-state index contributed by atoms with van der Waals surface area (Å²) in [6, 6.07) is 7.21. The molecule has 1 saturated carbocycles. The SMILES string of the molecule is Cc1cc(Br)cc(NC2CCCC(C)(C)CC2)c1. The standard InChI is InChI=1S/C16H24BrN/c1-12-9-13(17)11-15(10-12)18-14-5-4-7-16(2,3)8-6-14/h9-11,14,18H,4-8H2,1-3H3. The molecule has 2 heteroatoms. The first kappa shape index (κ1) is 13.9. The van der Waals surface area contributed by atoms with Crippen LogP contribution in [0, 0.1) is 12.3 Å². The fourth-order valence-electron chi connectivity index (χ4n) is 2.86. The van der Waals surface area contributed by atoms with Gasteiger partial charge in [0.15, 0.2) is 0 Å². The second-order valence-corrected chi connectivity index (χ2v) is 7.37. The van der Waals surface area contributed by atoms with Crippen LogP contribution in [0.4, 0.5) is 5.69 Å². The summed E-state index contributed by atoms with van der Waals surface area (Å²) in [6.07, 6.45) is 6.63. The highest BCUT2D eigenvalue weighted by molar-refractivity contribution is 9.10. The minimum Gasteiger partial charge on any atom is -0.382 e. The number of aryl methyl sites for hydroxylation is 1. The molecule has 1 atom stereocenters. The molecule has 18 heavy (non-hydrogen) atoms. The minimum atomic E-state index is 0.531. The number of hydrogen-bond acceptors (Lipinski definition) is 1. The number of anilines is 1. The van der Waals surface area contributed by atoms with Gasteiger partial charge in [0.05, 0.1) is 0 Å². The Bertz CT molecular complexity index is 391. The zero-order valence-corrected chi connectivity index (χ0v) is 13.3. The molecule has 1 nitrogen and oxygen atoms in total. The van der Waals surface area contributed by atoms with E-state index in [2.05, 4.69) is 60.2 Å². The maximum Gasteiger partial charge on any atom is 0.0356 e. The molecule has 0 aliphatic heterocycles. The van der Waals surface area contributed by atoms with Crippen molar-refractivity contribution in [1.29, 1.82) is 0 Å². The predicted molar refractivity (Wildman–Crippen MR) is 83.2 cm³/mol. The van der Waals surface area contributed by atoms with E-state index in [0.29, 0.717) is 11.5 Å². The van der Waals surface area contributed by atoms with Crippen LogP contribution in [0.2, 0.25) is 0 Å². The number of rotatable bonds is 2. The Kier molecular flexibility index (Phi) is 4.37. The lowest BCUT2D eigenvalue weighted by Crippen LogP contribution is -2.19. The Morgan fingerprint density at radius 2 is 1.94 bits per heavy atom. The van der Waals surface area contributed by atoms with Crippen LogP contribution in [-0.4, -0.2) is 6.04 Å². The number of nitrogens with one attached hydrogen (secondary N) is 1. The van der Waals surface area contributed by atoms with E-state index in [0.717, 1.165) is 0 Å². The average molecular weight is 310 g/mol. The van der Waals surface area contributed by atoms with Gasteiger partial charge in [-0.1, -0.05) is 36.2 Å². The van der Waals surface area contributed by atoms with Crippen LogP contribution in [0.25, 0.3) is 0 Å². The summed E-state index contributed by atoms with van der Waals surface area (Å²) in [5.74, 6) is 0. The molecule has 100 valence electrons. The summed E-state index contributed by atoms with van der Waals surface area (Å²) < 4.78 is 1.17. The van der Waals surface area contributed by atoms with E-state index >= 15 is 0 Å². The van der Waals surface area contributed by atoms with Crippen molar-refractivity contribution in [1.82, 2.24) is 0 Å². The van der Waals surface area contributed by atoms with Gasteiger partial charge in [0.1, 0.15) is 0 Å². The molecule has 1 unspecified atom stereocenters. The molecule has 1 aromatic rings. The van der Waals surface area contributed by atoms with E-state index in [9.17, 15) is 0 Å². The van der Waals surface area contributed by atoms with E-state index in [1.54, 1.807) is 0 Å². The van der Waals surface area contributed by atoms with Gasteiger partial charge in [0, 0.05) is 16.2 Å². The Morgan fingerprint density at radius 1 is 1.17 bits per heavy atom. The van der Waals surface area contributed by atoms with Crippen LogP contribution in [0.15, 0.2) is 22.7 Å². The van der Waals surface area contributed by atoms with E-state index in [1.807, 2.05) is 0 Å². The van der Waals surface area contributed by atoms with Gasteiger partial charge in [-0.3, -0.25) is 0 Å². The van der Waals surface area contributed by atoms with Crippen molar-refractivity contribution < 1.29 is 0 Å².